The molecule has 1 saturated carbocycles. The molecule has 13 nitrogen and oxygen atoms in total. The molecule has 3 fully saturated rings. The lowest BCUT2D eigenvalue weighted by Crippen LogP contribution is -2.81. The summed E-state index contributed by atoms with van der Waals surface area (Å²) < 4.78 is 5.96. The van der Waals surface area contributed by atoms with Gasteiger partial charge in [-0.25, -0.2) is 0 Å². The van der Waals surface area contributed by atoms with E-state index >= 15 is 0 Å². The van der Waals surface area contributed by atoms with Crippen LogP contribution in [-0.2, 0) is 38.2 Å². The predicted octanol–water partition coefficient (Wildman–Crippen LogP) is 2.23. The number of benzene rings is 2. The molecular weight excluding hydrogens is 751 g/mol. The Kier molecular flexibility index (Phi) is 10.1. The smallest absolute Gasteiger partial charge is 0.293 e. The van der Waals surface area contributed by atoms with Gasteiger partial charge in [0.25, 0.3) is 12.4 Å². The van der Waals surface area contributed by atoms with Gasteiger partial charge in [0, 0.05) is 85.5 Å². The summed E-state index contributed by atoms with van der Waals surface area (Å²) in [6, 6.07) is 11.3. The standard InChI is InChI=1S/C46H61N5O8/c1-4-42(57)22-29-23-44(27-59-28-54,37-32(12-17-50(24-29)26-42)31-10-6-7-11-35(31)48-37)33-21-34-36(20-30(33)25-53)49(3)39-45(34)14-18-51-16-8-13-43(5-2,38(45)51)40(55)46(39,58)41(56)47-15-9-19-52/h6-8,10-11,13,20-21,28-29,38-40,48,52-53,55,57-58H,4-5,9,12,14-19,22-27H2,1-3H3,(H,47,56)/t29?,38?,39?,40-,42?,43-,44+,45?,46+/m1/s1. The molecule has 5 aliphatic heterocycles. The zero-order valence-corrected chi connectivity index (χ0v) is 34.6. The Morgan fingerprint density at radius 1 is 1.07 bits per heavy atom. The van der Waals surface area contributed by atoms with Crippen LogP contribution in [0.5, 0.6) is 0 Å². The molecule has 0 radical (unpaired) electrons. The number of para-hydroxylation sites is 1. The van der Waals surface area contributed by atoms with Gasteiger partial charge in [-0.1, -0.05) is 50.3 Å². The Morgan fingerprint density at radius 2 is 1.88 bits per heavy atom. The zero-order chi connectivity index (χ0) is 41.5. The third-order valence-corrected chi connectivity index (χ3v) is 15.9. The number of aliphatic hydroxyl groups excluding tert-OH is 3. The zero-order valence-electron chi connectivity index (χ0n) is 34.6. The Hall–Kier alpha value is -3.82. The fraction of sp³-hybridized carbons (Fsp3) is 0.609. The highest BCUT2D eigenvalue weighted by Crippen LogP contribution is 2.67. The molecule has 318 valence electrons. The van der Waals surface area contributed by atoms with Crippen LogP contribution in [0, 0.1) is 11.3 Å². The van der Waals surface area contributed by atoms with Gasteiger partial charge in [-0.2, -0.15) is 0 Å². The molecule has 7 N–H and O–H groups in total. The second-order valence-corrected chi connectivity index (χ2v) is 18.7. The highest BCUT2D eigenvalue weighted by molar-refractivity contribution is 5.90. The first-order chi connectivity index (χ1) is 28.4. The molecule has 13 heteroatoms. The van der Waals surface area contributed by atoms with Crippen LogP contribution in [0.15, 0.2) is 48.6 Å². The molecule has 3 aromatic rings. The molecule has 1 spiro atoms. The van der Waals surface area contributed by atoms with Crippen molar-refractivity contribution in [3.05, 3.63) is 76.5 Å². The van der Waals surface area contributed by atoms with E-state index in [-0.39, 0.29) is 38.3 Å². The van der Waals surface area contributed by atoms with Crippen LogP contribution in [0.4, 0.5) is 5.69 Å². The normalized spacial score (nSPS) is 37.2. The SMILES string of the molecule is CCC1(O)CC2CN(CCc3c([nH]c4ccccc34)[C@@](COC=O)(c3cc4c(cc3CO)N(C)C3C45CCN4CC=C[C@](CC)(C45)[C@@H](O)[C@]3(O)C(=O)NCCCO)C2)C1. The summed E-state index contributed by atoms with van der Waals surface area (Å²) in [6.45, 7) is 7.67. The lowest BCUT2D eigenvalue weighted by atomic mass is 9.47. The first-order valence-corrected chi connectivity index (χ1v) is 21.7. The number of hydrogen-bond acceptors (Lipinski definition) is 11. The van der Waals surface area contributed by atoms with Crippen LogP contribution in [-0.4, -0.2) is 142 Å². The molecule has 1 amide bonds. The number of nitrogens with one attached hydrogen (secondary N) is 2. The molecular formula is C46H61N5O8. The summed E-state index contributed by atoms with van der Waals surface area (Å²) in [4.78, 5) is 37.5. The van der Waals surface area contributed by atoms with Crippen molar-refractivity contribution in [2.24, 2.45) is 11.3 Å². The number of aromatic amines is 1. The molecule has 59 heavy (non-hydrogen) atoms. The van der Waals surface area contributed by atoms with Gasteiger partial charge in [-0.05, 0) is 91.8 Å². The van der Waals surface area contributed by atoms with Gasteiger partial charge < -0.3 is 45.5 Å². The highest BCUT2D eigenvalue weighted by Gasteiger charge is 2.78. The largest absolute Gasteiger partial charge is 0.467 e. The van der Waals surface area contributed by atoms with E-state index in [0.29, 0.717) is 76.6 Å². The van der Waals surface area contributed by atoms with Crippen molar-refractivity contribution in [2.75, 3.05) is 64.4 Å². The topological polar surface area (TPSA) is 182 Å². The second-order valence-electron chi connectivity index (χ2n) is 18.7. The van der Waals surface area contributed by atoms with E-state index in [0.717, 1.165) is 52.1 Å². The average molecular weight is 812 g/mol. The Balaban J connectivity index is 1.32. The van der Waals surface area contributed by atoms with Gasteiger partial charge >= 0.3 is 0 Å². The van der Waals surface area contributed by atoms with Crippen molar-refractivity contribution in [3.8, 4) is 0 Å². The number of rotatable bonds is 11. The van der Waals surface area contributed by atoms with Gasteiger partial charge in [0.05, 0.1) is 23.7 Å². The number of anilines is 1. The first kappa shape index (κ1) is 40.6. The number of nitrogens with zero attached hydrogens (tertiary/aromatic N) is 3. The maximum Gasteiger partial charge on any atom is 0.293 e. The van der Waals surface area contributed by atoms with E-state index in [1.165, 1.54) is 0 Å². The van der Waals surface area contributed by atoms with Crippen LogP contribution in [0.3, 0.4) is 0 Å². The number of carbonyl (C=O) groups is 2. The molecule has 2 bridgehead atoms. The molecule has 6 aliphatic rings. The molecule has 1 aromatic heterocycles. The van der Waals surface area contributed by atoms with Crippen molar-refractivity contribution >= 4 is 29.0 Å². The maximum absolute atomic E-state index is 14.6. The van der Waals surface area contributed by atoms with E-state index in [9.17, 15) is 35.1 Å². The van der Waals surface area contributed by atoms with E-state index in [2.05, 4.69) is 44.4 Å². The minimum Gasteiger partial charge on any atom is -0.467 e. The van der Waals surface area contributed by atoms with Gasteiger partial charge in [-0.15, -0.1) is 0 Å². The number of fused-ring (bicyclic) bond motifs is 6. The summed E-state index contributed by atoms with van der Waals surface area (Å²) in [7, 11) is 1.88. The summed E-state index contributed by atoms with van der Waals surface area (Å²) in [5, 5.41) is 62.8. The number of carbonyl (C=O) groups excluding carboxylic acids is 2. The van der Waals surface area contributed by atoms with Crippen LogP contribution in [0.1, 0.15) is 80.3 Å². The van der Waals surface area contributed by atoms with Crippen molar-refractivity contribution in [1.82, 2.24) is 20.1 Å². The number of hydrogen-bond donors (Lipinski definition) is 7. The van der Waals surface area contributed by atoms with E-state index in [1.807, 2.05) is 50.1 Å². The summed E-state index contributed by atoms with van der Waals surface area (Å²) in [5.41, 5.74) is 0.190. The summed E-state index contributed by atoms with van der Waals surface area (Å²) >= 11 is 0. The van der Waals surface area contributed by atoms with E-state index < -0.39 is 45.5 Å². The fourth-order valence-corrected chi connectivity index (χ4v) is 13.6. The monoisotopic (exact) mass is 811 g/mol. The molecule has 1 aliphatic carbocycles. The minimum atomic E-state index is -2.26. The highest BCUT2D eigenvalue weighted by atomic mass is 16.5. The van der Waals surface area contributed by atoms with Crippen LogP contribution < -0.4 is 10.2 Å². The number of aliphatic hydroxyl groups is 5. The lowest BCUT2D eigenvalue weighted by molar-refractivity contribution is -0.203. The van der Waals surface area contributed by atoms with E-state index in [1.54, 1.807) is 0 Å². The predicted molar refractivity (Wildman–Crippen MR) is 223 cm³/mol. The van der Waals surface area contributed by atoms with Crippen LogP contribution in [0.25, 0.3) is 10.9 Å². The number of ether oxygens (including phenoxy) is 1. The second kappa shape index (κ2) is 14.7. The molecule has 6 heterocycles. The van der Waals surface area contributed by atoms with Crippen molar-refractivity contribution < 1.29 is 39.9 Å². The molecule has 10 atom stereocenters. The molecule has 2 saturated heterocycles. The molecule has 6 unspecified atom stereocenters. The molecule has 2 aromatic carbocycles. The van der Waals surface area contributed by atoms with Gasteiger partial charge in [0.2, 0.25) is 0 Å². The van der Waals surface area contributed by atoms with Gasteiger partial charge in [0.1, 0.15) is 12.7 Å². The Labute approximate surface area is 346 Å². The molecule has 9 rings (SSSR count). The van der Waals surface area contributed by atoms with Crippen molar-refractivity contribution in [1.29, 1.82) is 0 Å². The lowest BCUT2D eigenvalue weighted by Gasteiger charge is -2.63. The third-order valence-electron chi connectivity index (χ3n) is 15.9. The Morgan fingerprint density at radius 3 is 2.63 bits per heavy atom. The summed E-state index contributed by atoms with van der Waals surface area (Å²) in [5.74, 6) is -0.667. The van der Waals surface area contributed by atoms with Crippen LogP contribution in [0.2, 0.25) is 0 Å². The third kappa shape index (κ3) is 5.61. The van der Waals surface area contributed by atoms with Gasteiger partial charge in [0.15, 0.2) is 5.60 Å². The minimum absolute atomic E-state index is 0.00503. The van der Waals surface area contributed by atoms with Crippen molar-refractivity contribution in [2.45, 2.75) is 106 Å². The first-order valence-electron chi connectivity index (χ1n) is 21.7. The Bertz CT molecular complexity index is 2160. The fourth-order valence-electron chi connectivity index (χ4n) is 13.6. The number of aromatic nitrogens is 1. The van der Waals surface area contributed by atoms with E-state index in [4.69, 9.17) is 4.74 Å². The van der Waals surface area contributed by atoms with Gasteiger partial charge in [-0.3, -0.25) is 19.4 Å². The number of likely N-dealkylation sites (N-methyl/N-ethyl adjacent to an activating group) is 1. The average Bonchev–Trinajstić information content (AvgIpc) is 3.90. The maximum atomic E-state index is 14.6. The number of H-pyrrole nitrogens is 1. The van der Waals surface area contributed by atoms with Crippen LogP contribution >= 0.6 is 0 Å². The van der Waals surface area contributed by atoms with Crippen molar-refractivity contribution in [3.63, 3.8) is 0 Å². The summed E-state index contributed by atoms with van der Waals surface area (Å²) in [6.07, 6.45) is 6.42. The quantitative estimate of drug-likeness (QED) is 0.0858. The number of piperidine rings is 1. The number of amides is 1.